The molecule has 2 N–H and O–H groups in total. The van der Waals surface area contributed by atoms with Crippen LogP contribution in [0.3, 0.4) is 0 Å². The molecule has 0 fully saturated rings. The van der Waals surface area contributed by atoms with Crippen LogP contribution in [0.2, 0.25) is 4.34 Å². The second-order valence-electron chi connectivity index (χ2n) is 4.57. The molecule has 1 unspecified atom stereocenters. The molecule has 1 aliphatic rings. The Kier molecular flexibility index (Phi) is 3.18. The summed E-state index contributed by atoms with van der Waals surface area (Å²) in [7, 11) is 0. The third-order valence-electron chi connectivity index (χ3n) is 3.27. The molecule has 0 spiro atoms. The molecule has 0 radical (unpaired) electrons. The number of halogens is 1. The fraction of sp³-hybridized carbons (Fsp3) is 0.286. The van der Waals surface area contributed by atoms with Gasteiger partial charge in [0.1, 0.15) is 5.75 Å². The van der Waals surface area contributed by atoms with E-state index in [0.717, 1.165) is 22.9 Å². The molecule has 3 rings (SSSR count). The molecular formula is C14H14ClNOS. The minimum absolute atomic E-state index is 0.291. The van der Waals surface area contributed by atoms with Gasteiger partial charge in [0, 0.05) is 16.6 Å². The van der Waals surface area contributed by atoms with Gasteiger partial charge in [0.2, 0.25) is 0 Å². The number of rotatable bonds is 2. The summed E-state index contributed by atoms with van der Waals surface area (Å²) in [5.41, 5.74) is 2.27. The number of nitrogens with one attached hydrogen (secondary N) is 1. The highest BCUT2D eigenvalue weighted by atomic mass is 35.5. The number of anilines is 1. The first kappa shape index (κ1) is 11.9. The predicted octanol–water partition coefficient (Wildman–Crippen LogP) is 4.60. The van der Waals surface area contributed by atoms with Crippen LogP contribution in [0.25, 0.3) is 0 Å². The van der Waals surface area contributed by atoms with E-state index in [0.29, 0.717) is 11.8 Å². The monoisotopic (exact) mass is 279 g/mol. The van der Waals surface area contributed by atoms with Gasteiger partial charge in [-0.3, -0.25) is 0 Å². The lowest BCUT2D eigenvalue weighted by Crippen LogP contribution is -2.15. The van der Waals surface area contributed by atoms with E-state index in [2.05, 4.69) is 11.4 Å². The van der Waals surface area contributed by atoms with Crippen molar-refractivity contribution in [3.05, 3.63) is 45.1 Å². The van der Waals surface area contributed by atoms with Crippen molar-refractivity contribution in [2.45, 2.75) is 25.3 Å². The quantitative estimate of drug-likeness (QED) is 0.842. The average Bonchev–Trinajstić information content (AvgIpc) is 2.71. The third kappa shape index (κ3) is 2.33. The van der Waals surface area contributed by atoms with Crippen LogP contribution < -0.4 is 5.32 Å². The second kappa shape index (κ2) is 4.82. The number of aryl methyl sites for hydroxylation is 1. The Balaban J connectivity index is 1.86. The van der Waals surface area contributed by atoms with E-state index in [-0.39, 0.29) is 0 Å². The number of hydrogen-bond acceptors (Lipinski definition) is 3. The molecule has 94 valence electrons. The highest BCUT2D eigenvalue weighted by Gasteiger charge is 2.22. The lowest BCUT2D eigenvalue weighted by molar-refractivity contribution is 0.475. The maximum atomic E-state index is 9.48. The fourth-order valence-corrected chi connectivity index (χ4v) is 3.85. The van der Waals surface area contributed by atoms with Gasteiger partial charge in [-0.2, -0.15) is 0 Å². The SMILES string of the molecule is Oc1cccc(NC2CCCc3sc(Cl)cc32)c1. The van der Waals surface area contributed by atoms with Crippen LogP contribution >= 0.6 is 22.9 Å². The molecule has 0 bridgehead atoms. The van der Waals surface area contributed by atoms with Crippen LogP contribution in [0.4, 0.5) is 5.69 Å². The lowest BCUT2D eigenvalue weighted by atomic mass is 9.94. The third-order valence-corrected chi connectivity index (χ3v) is 4.61. The molecule has 4 heteroatoms. The van der Waals surface area contributed by atoms with Crippen LogP contribution in [-0.4, -0.2) is 5.11 Å². The Morgan fingerprint density at radius 1 is 1.33 bits per heavy atom. The summed E-state index contributed by atoms with van der Waals surface area (Å²) in [6.07, 6.45) is 3.42. The molecule has 18 heavy (non-hydrogen) atoms. The number of fused-ring (bicyclic) bond motifs is 1. The highest BCUT2D eigenvalue weighted by Crippen LogP contribution is 2.39. The normalized spacial score (nSPS) is 18.4. The molecular weight excluding hydrogens is 266 g/mol. The van der Waals surface area contributed by atoms with Gasteiger partial charge in [-0.05, 0) is 43.0 Å². The van der Waals surface area contributed by atoms with Crippen molar-refractivity contribution in [3.63, 3.8) is 0 Å². The molecule has 0 aliphatic heterocycles. The van der Waals surface area contributed by atoms with Gasteiger partial charge in [-0.15, -0.1) is 11.3 Å². The minimum Gasteiger partial charge on any atom is -0.508 e. The molecule has 0 amide bonds. The number of phenols is 1. The van der Waals surface area contributed by atoms with Gasteiger partial charge in [-0.25, -0.2) is 0 Å². The zero-order chi connectivity index (χ0) is 12.5. The average molecular weight is 280 g/mol. The van der Waals surface area contributed by atoms with E-state index in [1.807, 2.05) is 12.1 Å². The Morgan fingerprint density at radius 3 is 3.06 bits per heavy atom. The minimum atomic E-state index is 0.291. The molecule has 1 atom stereocenters. The van der Waals surface area contributed by atoms with Gasteiger partial charge in [0.25, 0.3) is 0 Å². The van der Waals surface area contributed by atoms with Crippen molar-refractivity contribution >= 4 is 28.6 Å². The molecule has 2 aromatic rings. The Labute approximate surface area is 115 Å². The van der Waals surface area contributed by atoms with Crippen molar-refractivity contribution in [3.8, 4) is 5.75 Å². The van der Waals surface area contributed by atoms with E-state index >= 15 is 0 Å². The van der Waals surface area contributed by atoms with Crippen LogP contribution in [0.1, 0.15) is 29.3 Å². The van der Waals surface area contributed by atoms with Crippen LogP contribution in [0, 0.1) is 0 Å². The zero-order valence-corrected chi connectivity index (χ0v) is 11.4. The second-order valence-corrected chi connectivity index (χ2v) is 6.34. The summed E-state index contributed by atoms with van der Waals surface area (Å²) in [5, 5.41) is 13.0. The molecule has 2 nitrogen and oxygen atoms in total. The summed E-state index contributed by atoms with van der Waals surface area (Å²) in [6.45, 7) is 0. The smallest absolute Gasteiger partial charge is 0.117 e. The van der Waals surface area contributed by atoms with E-state index in [4.69, 9.17) is 11.6 Å². The van der Waals surface area contributed by atoms with E-state index < -0.39 is 0 Å². The van der Waals surface area contributed by atoms with Crippen molar-refractivity contribution in [2.75, 3.05) is 5.32 Å². The molecule has 0 saturated heterocycles. The van der Waals surface area contributed by atoms with Crippen LogP contribution in [0.15, 0.2) is 30.3 Å². The van der Waals surface area contributed by atoms with E-state index in [9.17, 15) is 5.11 Å². The number of benzene rings is 1. The van der Waals surface area contributed by atoms with Crippen molar-refractivity contribution in [1.29, 1.82) is 0 Å². The maximum Gasteiger partial charge on any atom is 0.117 e. The van der Waals surface area contributed by atoms with Gasteiger partial charge in [0.15, 0.2) is 0 Å². The van der Waals surface area contributed by atoms with Crippen molar-refractivity contribution in [1.82, 2.24) is 0 Å². The first-order chi connectivity index (χ1) is 8.72. The summed E-state index contributed by atoms with van der Waals surface area (Å²) < 4.78 is 0.865. The maximum absolute atomic E-state index is 9.48. The Morgan fingerprint density at radius 2 is 2.22 bits per heavy atom. The molecule has 1 heterocycles. The Hall–Kier alpha value is -1.19. The number of aromatic hydroxyl groups is 1. The van der Waals surface area contributed by atoms with Gasteiger partial charge < -0.3 is 10.4 Å². The van der Waals surface area contributed by atoms with Gasteiger partial charge in [0.05, 0.1) is 10.4 Å². The predicted molar refractivity (Wildman–Crippen MR) is 76.7 cm³/mol. The first-order valence-electron chi connectivity index (χ1n) is 6.06. The Bertz CT molecular complexity index is 567. The number of phenolic OH excluding ortho intramolecular Hbond substituents is 1. The van der Waals surface area contributed by atoms with Crippen LogP contribution in [0.5, 0.6) is 5.75 Å². The topological polar surface area (TPSA) is 32.3 Å². The van der Waals surface area contributed by atoms with E-state index in [1.54, 1.807) is 23.5 Å². The fourth-order valence-electron chi connectivity index (χ4n) is 2.47. The number of hydrogen-bond donors (Lipinski definition) is 2. The van der Waals surface area contributed by atoms with Crippen LogP contribution in [-0.2, 0) is 6.42 Å². The summed E-state index contributed by atoms with van der Waals surface area (Å²) in [5.74, 6) is 0.291. The largest absolute Gasteiger partial charge is 0.508 e. The molecule has 0 saturated carbocycles. The first-order valence-corrected chi connectivity index (χ1v) is 7.25. The van der Waals surface area contributed by atoms with Gasteiger partial charge >= 0.3 is 0 Å². The summed E-state index contributed by atoms with van der Waals surface area (Å²) in [6, 6.07) is 9.63. The lowest BCUT2D eigenvalue weighted by Gasteiger charge is -2.24. The van der Waals surface area contributed by atoms with Crippen molar-refractivity contribution < 1.29 is 5.11 Å². The highest BCUT2D eigenvalue weighted by molar-refractivity contribution is 7.16. The molecule has 1 aromatic carbocycles. The molecule has 1 aromatic heterocycles. The standard InChI is InChI=1S/C14H14ClNOS/c15-14-8-11-12(5-2-6-13(11)18-14)16-9-3-1-4-10(17)7-9/h1,3-4,7-8,12,16-17H,2,5-6H2. The summed E-state index contributed by atoms with van der Waals surface area (Å²) >= 11 is 7.78. The van der Waals surface area contributed by atoms with Crippen molar-refractivity contribution in [2.24, 2.45) is 0 Å². The zero-order valence-electron chi connectivity index (χ0n) is 9.82. The van der Waals surface area contributed by atoms with Gasteiger partial charge in [-0.1, -0.05) is 17.7 Å². The molecule has 1 aliphatic carbocycles. The number of thiophene rings is 1. The summed E-state index contributed by atoms with van der Waals surface area (Å²) in [4.78, 5) is 1.39. The van der Waals surface area contributed by atoms with E-state index in [1.165, 1.54) is 16.9 Å².